The maximum atomic E-state index is 11.3. The van der Waals surface area contributed by atoms with Crippen LogP contribution in [0.2, 0.25) is 0 Å². The SMILES string of the molecule is C/C=C/C(O)(CC(=O)OC)c1ccccc1. The maximum absolute atomic E-state index is 11.3. The Balaban J connectivity index is 3.02. The van der Waals surface area contributed by atoms with Crippen molar-refractivity contribution in [2.45, 2.75) is 18.9 Å². The minimum atomic E-state index is -1.29. The molecule has 1 aromatic rings. The van der Waals surface area contributed by atoms with Gasteiger partial charge in [-0.05, 0) is 12.5 Å². The van der Waals surface area contributed by atoms with E-state index in [-0.39, 0.29) is 6.42 Å². The van der Waals surface area contributed by atoms with Crippen molar-refractivity contribution in [3.63, 3.8) is 0 Å². The first-order chi connectivity index (χ1) is 7.62. The first kappa shape index (κ1) is 12.5. The van der Waals surface area contributed by atoms with Gasteiger partial charge in [0.25, 0.3) is 0 Å². The summed E-state index contributed by atoms with van der Waals surface area (Å²) >= 11 is 0. The molecule has 1 unspecified atom stereocenters. The minimum Gasteiger partial charge on any atom is -0.469 e. The van der Waals surface area contributed by atoms with Gasteiger partial charge in [-0.2, -0.15) is 0 Å². The van der Waals surface area contributed by atoms with Crippen LogP contribution in [0.5, 0.6) is 0 Å². The third-order valence-electron chi connectivity index (χ3n) is 2.36. The van der Waals surface area contributed by atoms with Crippen molar-refractivity contribution in [3.05, 3.63) is 48.0 Å². The molecule has 3 heteroatoms. The van der Waals surface area contributed by atoms with Gasteiger partial charge in [-0.25, -0.2) is 0 Å². The number of carbonyl (C=O) groups is 1. The fourth-order valence-corrected chi connectivity index (χ4v) is 1.55. The number of rotatable bonds is 4. The van der Waals surface area contributed by atoms with Crippen LogP contribution in [0.15, 0.2) is 42.5 Å². The van der Waals surface area contributed by atoms with Crippen molar-refractivity contribution >= 4 is 5.97 Å². The highest BCUT2D eigenvalue weighted by Gasteiger charge is 2.29. The van der Waals surface area contributed by atoms with Crippen LogP contribution in [0.4, 0.5) is 0 Å². The van der Waals surface area contributed by atoms with Gasteiger partial charge < -0.3 is 9.84 Å². The predicted molar refractivity (Wildman–Crippen MR) is 61.8 cm³/mol. The van der Waals surface area contributed by atoms with Gasteiger partial charge in [-0.1, -0.05) is 42.5 Å². The summed E-state index contributed by atoms with van der Waals surface area (Å²) in [5, 5.41) is 10.4. The second-order valence-corrected chi connectivity index (χ2v) is 3.54. The van der Waals surface area contributed by atoms with Gasteiger partial charge in [-0.3, -0.25) is 4.79 Å². The first-order valence-electron chi connectivity index (χ1n) is 5.11. The van der Waals surface area contributed by atoms with Gasteiger partial charge >= 0.3 is 5.97 Å². The molecule has 3 nitrogen and oxygen atoms in total. The largest absolute Gasteiger partial charge is 0.469 e. The molecular formula is C13H16O3. The number of hydrogen-bond donors (Lipinski definition) is 1. The number of carbonyl (C=O) groups excluding carboxylic acids is 1. The lowest BCUT2D eigenvalue weighted by Gasteiger charge is -2.23. The average Bonchev–Trinajstić information content (AvgIpc) is 2.30. The number of benzene rings is 1. The van der Waals surface area contributed by atoms with Gasteiger partial charge in [0.05, 0.1) is 13.5 Å². The first-order valence-corrected chi connectivity index (χ1v) is 5.11. The Hall–Kier alpha value is -1.61. The molecule has 0 saturated heterocycles. The molecular weight excluding hydrogens is 204 g/mol. The van der Waals surface area contributed by atoms with Crippen LogP contribution < -0.4 is 0 Å². The van der Waals surface area contributed by atoms with Gasteiger partial charge in [0.2, 0.25) is 0 Å². The van der Waals surface area contributed by atoms with E-state index in [1.165, 1.54) is 7.11 Å². The molecule has 0 aliphatic heterocycles. The molecule has 0 fully saturated rings. The zero-order valence-electron chi connectivity index (χ0n) is 9.51. The molecule has 1 rings (SSSR count). The summed E-state index contributed by atoms with van der Waals surface area (Å²) in [5.74, 6) is -0.440. The summed E-state index contributed by atoms with van der Waals surface area (Å²) < 4.78 is 4.58. The van der Waals surface area contributed by atoms with Crippen molar-refractivity contribution < 1.29 is 14.6 Å². The van der Waals surface area contributed by atoms with E-state index in [1.54, 1.807) is 31.2 Å². The van der Waals surface area contributed by atoms with E-state index < -0.39 is 11.6 Å². The fourth-order valence-electron chi connectivity index (χ4n) is 1.55. The number of hydrogen-bond acceptors (Lipinski definition) is 3. The molecule has 86 valence electrons. The normalized spacial score (nSPS) is 14.7. The van der Waals surface area contributed by atoms with Crippen LogP contribution in [0.3, 0.4) is 0 Å². The van der Waals surface area contributed by atoms with Crippen molar-refractivity contribution in [2.24, 2.45) is 0 Å². The molecule has 0 saturated carbocycles. The molecule has 1 atom stereocenters. The predicted octanol–water partition coefficient (Wildman–Crippen LogP) is 2.01. The summed E-state index contributed by atoms with van der Waals surface area (Å²) in [6.45, 7) is 1.80. The summed E-state index contributed by atoms with van der Waals surface area (Å²) in [6, 6.07) is 9.06. The van der Waals surface area contributed by atoms with Crippen LogP contribution in [-0.2, 0) is 15.1 Å². The Morgan fingerprint density at radius 3 is 2.56 bits per heavy atom. The highest BCUT2D eigenvalue weighted by atomic mass is 16.5. The van der Waals surface area contributed by atoms with Gasteiger partial charge in [0, 0.05) is 0 Å². The van der Waals surface area contributed by atoms with E-state index in [9.17, 15) is 9.90 Å². The second-order valence-electron chi connectivity index (χ2n) is 3.54. The van der Waals surface area contributed by atoms with Crippen LogP contribution in [0, 0.1) is 0 Å². The van der Waals surface area contributed by atoms with Gasteiger partial charge in [0.15, 0.2) is 0 Å². The molecule has 16 heavy (non-hydrogen) atoms. The standard InChI is InChI=1S/C13H16O3/c1-3-9-13(15,10-12(14)16-2)11-7-5-4-6-8-11/h3-9,15H,10H2,1-2H3/b9-3+. The van der Waals surface area contributed by atoms with Crippen molar-refractivity contribution in [1.29, 1.82) is 0 Å². The van der Waals surface area contributed by atoms with Gasteiger partial charge in [0.1, 0.15) is 5.60 Å². The zero-order valence-corrected chi connectivity index (χ0v) is 9.51. The zero-order chi connectivity index (χ0) is 12.0. The quantitative estimate of drug-likeness (QED) is 0.623. The molecule has 0 heterocycles. The van der Waals surface area contributed by atoms with Crippen LogP contribution in [-0.4, -0.2) is 18.2 Å². The summed E-state index contributed by atoms with van der Waals surface area (Å²) in [5.41, 5.74) is -0.609. The molecule has 0 radical (unpaired) electrons. The lowest BCUT2D eigenvalue weighted by atomic mass is 9.90. The Bertz CT molecular complexity index is 370. The minimum absolute atomic E-state index is 0.0855. The number of esters is 1. The van der Waals surface area contributed by atoms with E-state index in [1.807, 2.05) is 18.2 Å². The van der Waals surface area contributed by atoms with E-state index in [4.69, 9.17) is 0 Å². The Kier molecular flexibility index (Phi) is 4.26. The average molecular weight is 220 g/mol. The Morgan fingerprint density at radius 1 is 1.44 bits per heavy atom. The van der Waals surface area contributed by atoms with Crippen LogP contribution in [0.1, 0.15) is 18.9 Å². The monoisotopic (exact) mass is 220 g/mol. The molecule has 1 aromatic carbocycles. The smallest absolute Gasteiger partial charge is 0.309 e. The summed E-state index contributed by atoms with van der Waals surface area (Å²) in [4.78, 5) is 11.3. The fraction of sp³-hybridized carbons (Fsp3) is 0.308. The molecule has 0 spiro atoms. The van der Waals surface area contributed by atoms with E-state index in [0.29, 0.717) is 5.56 Å². The number of aliphatic hydroxyl groups is 1. The highest BCUT2D eigenvalue weighted by Crippen LogP contribution is 2.26. The highest BCUT2D eigenvalue weighted by molar-refractivity contribution is 5.71. The van der Waals surface area contributed by atoms with Crippen LogP contribution >= 0.6 is 0 Å². The van der Waals surface area contributed by atoms with Crippen molar-refractivity contribution in [2.75, 3.05) is 7.11 Å². The third kappa shape index (κ3) is 2.94. The van der Waals surface area contributed by atoms with E-state index in [0.717, 1.165) is 0 Å². The molecule has 0 aliphatic rings. The topological polar surface area (TPSA) is 46.5 Å². The van der Waals surface area contributed by atoms with Crippen molar-refractivity contribution in [3.8, 4) is 0 Å². The summed E-state index contributed by atoms with van der Waals surface area (Å²) in [7, 11) is 1.31. The maximum Gasteiger partial charge on any atom is 0.309 e. The number of ether oxygens (including phenoxy) is 1. The molecule has 0 aromatic heterocycles. The molecule has 0 bridgehead atoms. The third-order valence-corrected chi connectivity index (χ3v) is 2.36. The van der Waals surface area contributed by atoms with Crippen LogP contribution in [0.25, 0.3) is 0 Å². The lowest BCUT2D eigenvalue weighted by Crippen LogP contribution is -2.27. The number of methoxy groups -OCH3 is 1. The van der Waals surface area contributed by atoms with Crippen molar-refractivity contribution in [1.82, 2.24) is 0 Å². The Morgan fingerprint density at radius 2 is 2.06 bits per heavy atom. The van der Waals surface area contributed by atoms with E-state index in [2.05, 4.69) is 4.74 Å². The Labute approximate surface area is 95.4 Å². The summed E-state index contributed by atoms with van der Waals surface area (Å²) in [6.07, 6.45) is 3.23. The molecule has 0 amide bonds. The number of allylic oxidation sites excluding steroid dienone is 1. The second kappa shape index (κ2) is 5.47. The molecule has 0 aliphatic carbocycles. The van der Waals surface area contributed by atoms with E-state index >= 15 is 0 Å². The lowest BCUT2D eigenvalue weighted by molar-refractivity contribution is -0.144. The molecule has 1 N–H and O–H groups in total. The van der Waals surface area contributed by atoms with Gasteiger partial charge in [-0.15, -0.1) is 0 Å².